The van der Waals surface area contributed by atoms with Crippen LogP contribution in [0.3, 0.4) is 0 Å². The standard InChI is InChI=1S/C11H13N5O4/c1-8-4-3-5-10(9(8)6-19-7-12-20-18)16-11(17)15(2)13-14-16/h3-5,7,18H,6H2,1-2H3. The van der Waals surface area contributed by atoms with Crippen LogP contribution in [0.2, 0.25) is 0 Å². The monoisotopic (exact) mass is 279 g/mol. The SMILES string of the molecule is Cc1cccc(-n2nnn(C)c2=O)c1COC=NOO. The lowest BCUT2D eigenvalue weighted by molar-refractivity contribution is -0.243. The molecule has 0 spiro atoms. The summed E-state index contributed by atoms with van der Waals surface area (Å²) in [7, 11) is 1.52. The van der Waals surface area contributed by atoms with Gasteiger partial charge in [-0.25, -0.2) is 9.78 Å². The van der Waals surface area contributed by atoms with Gasteiger partial charge in [-0.1, -0.05) is 12.1 Å². The Bertz CT molecular complexity index is 676. The molecular weight excluding hydrogens is 266 g/mol. The maximum atomic E-state index is 11.9. The van der Waals surface area contributed by atoms with Gasteiger partial charge in [-0.05, 0) is 34.1 Å². The van der Waals surface area contributed by atoms with Gasteiger partial charge in [0.05, 0.1) is 5.69 Å². The molecule has 0 atom stereocenters. The first-order valence-electron chi connectivity index (χ1n) is 5.67. The van der Waals surface area contributed by atoms with E-state index in [2.05, 4.69) is 20.6 Å². The van der Waals surface area contributed by atoms with Gasteiger partial charge < -0.3 is 4.74 Å². The highest BCUT2D eigenvalue weighted by Crippen LogP contribution is 2.17. The zero-order valence-electron chi connectivity index (χ0n) is 10.9. The van der Waals surface area contributed by atoms with Crippen LogP contribution in [-0.2, 0) is 23.4 Å². The Morgan fingerprint density at radius 2 is 2.25 bits per heavy atom. The average Bonchev–Trinajstić information content (AvgIpc) is 2.76. The van der Waals surface area contributed by atoms with Crippen molar-refractivity contribution >= 4 is 6.40 Å². The number of benzene rings is 1. The Kier molecular flexibility index (Phi) is 4.11. The van der Waals surface area contributed by atoms with Gasteiger partial charge in [0, 0.05) is 12.6 Å². The third-order valence-corrected chi connectivity index (χ3v) is 2.73. The van der Waals surface area contributed by atoms with E-state index in [1.54, 1.807) is 12.1 Å². The quantitative estimate of drug-likeness (QED) is 0.363. The lowest BCUT2D eigenvalue weighted by atomic mass is 10.1. The van der Waals surface area contributed by atoms with Gasteiger partial charge in [0.25, 0.3) is 0 Å². The fourth-order valence-electron chi connectivity index (χ4n) is 1.71. The molecule has 0 radical (unpaired) electrons. The topological polar surface area (TPSA) is 104 Å². The fourth-order valence-corrected chi connectivity index (χ4v) is 1.71. The highest BCUT2D eigenvalue weighted by atomic mass is 17.2. The van der Waals surface area contributed by atoms with E-state index < -0.39 is 0 Å². The van der Waals surface area contributed by atoms with Gasteiger partial charge >= 0.3 is 5.69 Å². The van der Waals surface area contributed by atoms with E-state index in [4.69, 9.17) is 9.99 Å². The lowest BCUT2D eigenvalue weighted by Crippen LogP contribution is -2.23. The predicted molar refractivity (Wildman–Crippen MR) is 68.3 cm³/mol. The minimum absolute atomic E-state index is 0.137. The predicted octanol–water partition coefficient (Wildman–Crippen LogP) is 0.224. The van der Waals surface area contributed by atoms with Crippen molar-refractivity contribution in [2.45, 2.75) is 13.5 Å². The van der Waals surface area contributed by atoms with Gasteiger partial charge in [-0.3, -0.25) is 0 Å². The van der Waals surface area contributed by atoms with Crippen LogP contribution in [0.5, 0.6) is 0 Å². The van der Waals surface area contributed by atoms with Gasteiger partial charge in [0.15, 0.2) is 0 Å². The number of aryl methyl sites for hydroxylation is 2. The number of tetrazole rings is 1. The molecular formula is C11H13N5O4. The molecule has 1 N–H and O–H groups in total. The van der Waals surface area contributed by atoms with E-state index in [0.717, 1.165) is 22.2 Å². The summed E-state index contributed by atoms with van der Waals surface area (Å²) < 4.78 is 7.42. The molecule has 1 heterocycles. The van der Waals surface area contributed by atoms with Crippen LogP contribution in [0.25, 0.3) is 5.69 Å². The zero-order valence-corrected chi connectivity index (χ0v) is 10.9. The van der Waals surface area contributed by atoms with E-state index >= 15 is 0 Å². The summed E-state index contributed by atoms with van der Waals surface area (Å²) in [5.74, 6) is 0. The molecule has 0 saturated carbocycles. The number of oxime groups is 1. The molecule has 0 aliphatic carbocycles. The van der Waals surface area contributed by atoms with E-state index in [1.165, 1.54) is 11.7 Å². The van der Waals surface area contributed by atoms with Crippen molar-refractivity contribution in [2.75, 3.05) is 0 Å². The largest absolute Gasteiger partial charge is 0.476 e. The van der Waals surface area contributed by atoms with Crippen molar-refractivity contribution in [3.05, 3.63) is 39.8 Å². The minimum Gasteiger partial charge on any atom is -0.476 e. The molecule has 9 nitrogen and oxygen atoms in total. The summed E-state index contributed by atoms with van der Waals surface area (Å²) >= 11 is 0. The van der Waals surface area contributed by atoms with Gasteiger partial charge in [0.2, 0.25) is 6.40 Å². The summed E-state index contributed by atoms with van der Waals surface area (Å²) in [5, 5.41) is 18.6. The van der Waals surface area contributed by atoms with Crippen LogP contribution < -0.4 is 5.69 Å². The first-order valence-corrected chi connectivity index (χ1v) is 5.67. The first-order chi connectivity index (χ1) is 9.65. The summed E-state index contributed by atoms with van der Waals surface area (Å²) in [6.45, 7) is 2.02. The maximum Gasteiger partial charge on any atom is 0.368 e. The van der Waals surface area contributed by atoms with Crippen molar-refractivity contribution in [1.82, 2.24) is 19.8 Å². The fraction of sp³-hybridized carbons (Fsp3) is 0.273. The van der Waals surface area contributed by atoms with E-state index in [9.17, 15) is 4.79 Å². The second kappa shape index (κ2) is 5.97. The smallest absolute Gasteiger partial charge is 0.368 e. The average molecular weight is 279 g/mol. The van der Waals surface area contributed by atoms with Crippen LogP contribution >= 0.6 is 0 Å². The van der Waals surface area contributed by atoms with Crippen LogP contribution in [0.15, 0.2) is 28.1 Å². The maximum absolute atomic E-state index is 11.9. The second-order valence-corrected chi connectivity index (χ2v) is 3.97. The normalized spacial score (nSPS) is 10.9. The number of rotatable bonds is 5. The Balaban J connectivity index is 2.38. The number of hydrogen-bond donors (Lipinski definition) is 1. The molecule has 106 valence electrons. The van der Waals surface area contributed by atoms with Crippen LogP contribution in [0, 0.1) is 6.92 Å². The summed E-state index contributed by atoms with van der Waals surface area (Å²) in [6, 6.07) is 5.42. The van der Waals surface area contributed by atoms with Gasteiger partial charge in [-0.15, -0.1) is 0 Å². The molecule has 0 amide bonds. The third kappa shape index (κ3) is 2.67. The number of nitrogens with zero attached hydrogens (tertiary/aromatic N) is 5. The Morgan fingerprint density at radius 1 is 1.45 bits per heavy atom. The molecule has 0 unspecified atom stereocenters. The summed E-state index contributed by atoms with van der Waals surface area (Å²) in [6.07, 6.45) is 0.954. The molecule has 2 aromatic rings. The van der Waals surface area contributed by atoms with E-state index in [-0.39, 0.29) is 12.3 Å². The molecule has 1 aromatic carbocycles. The lowest BCUT2D eigenvalue weighted by Gasteiger charge is -2.10. The molecule has 20 heavy (non-hydrogen) atoms. The van der Waals surface area contributed by atoms with Crippen molar-refractivity contribution in [1.29, 1.82) is 0 Å². The molecule has 0 saturated heterocycles. The highest BCUT2D eigenvalue weighted by molar-refractivity contribution is 5.48. The van der Waals surface area contributed by atoms with Crippen LogP contribution in [0.1, 0.15) is 11.1 Å². The molecule has 1 aromatic heterocycles. The molecule has 0 fully saturated rings. The minimum atomic E-state index is -0.357. The molecule has 2 rings (SSSR count). The van der Waals surface area contributed by atoms with Crippen molar-refractivity contribution in [2.24, 2.45) is 12.2 Å². The van der Waals surface area contributed by atoms with E-state index in [0.29, 0.717) is 5.69 Å². The zero-order chi connectivity index (χ0) is 14.5. The van der Waals surface area contributed by atoms with Gasteiger partial charge in [-0.2, -0.15) is 14.6 Å². The first kappa shape index (κ1) is 13.7. The molecule has 0 aliphatic rings. The molecule has 0 bridgehead atoms. The third-order valence-electron chi connectivity index (χ3n) is 2.73. The van der Waals surface area contributed by atoms with Crippen molar-refractivity contribution in [3.63, 3.8) is 0 Å². The van der Waals surface area contributed by atoms with Crippen LogP contribution in [-0.4, -0.2) is 31.4 Å². The summed E-state index contributed by atoms with van der Waals surface area (Å²) in [5.41, 5.74) is 1.88. The molecule has 9 heteroatoms. The number of aromatic nitrogens is 4. The van der Waals surface area contributed by atoms with Crippen LogP contribution in [0.4, 0.5) is 0 Å². The second-order valence-electron chi connectivity index (χ2n) is 3.97. The van der Waals surface area contributed by atoms with E-state index in [1.807, 2.05) is 13.0 Å². The Morgan fingerprint density at radius 3 is 2.90 bits per heavy atom. The molecule has 0 aliphatic heterocycles. The van der Waals surface area contributed by atoms with Gasteiger partial charge in [0.1, 0.15) is 6.61 Å². The number of hydrogen-bond acceptors (Lipinski definition) is 7. The van der Waals surface area contributed by atoms with Crippen molar-refractivity contribution in [3.8, 4) is 5.69 Å². The van der Waals surface area contributed by atoms with Crippen molar-refractivity contribution < 1.29 is 15.0 Å². The Labute approximate surface area is 113 Å². The Hall–Kier alpha value is -2.68. The number of ether oxygens (including phenoxy) is 1. The highest BCUT2D eigenvalue weighted by Gasteiger charge is 2.12. The summed E-state index contributed by atoms with van der Waals surface area (Å²) in [4.78, 5) is 15.4.